The summed E-state index contributed by atoms with van der Waals surface area (Å²) in [6.07, 6.45) is 4.77. The molecule has 5 nitrogen and oxygen atoms in total. The van der Waals surface area contributed by atoms with Crippen molar-refractivity contribution in [3.63, 3.8) is 0 Å². The maximum atomic E-state index is 6.36. The van der Waals surface area contributed by atoms with Gasteiger partial charge in [0.2, 0.25) is 5.89 Å². The molecule has 3 rings (SSSR count). The first-order chi connectivity index (χ1) is 11.0. The number of aromatic nitrogens is 2. The molecule has 24 heavy (non-hydrogen) atoms. The molecule has 1 fully saturated rings. The second kappa shape index (κ2) is 7.99. The molecule has 6 heteroatoms. The molecular weight excluding hydrogens is 326 g/mol. The Morgan fingerprint density at radius 3 is 2.50 bits per heavy atom. The zero-order valence-corrected chi connectivity index (χ0v) is 15.1. The first-order valence-corrected chi connectivity index (χ1v) is 8.39. The Morgan fingerprint density at radius 2 is 1.88 bits per heavy atom. The van der Waals surface area contributed by atoms with E-state index in [9.17, 15) is 0 Å². The number of nitrogens with two attached hydrogens (primary N) is 1. The van der Waals surface area contributed by atoms with Gasteiger partial charge in [-0.3, -0.25) is 0 Å². The van der Waals surface area contributed by atoms with Gasteiger partial charge in [-0.1, -0.05) is 44.0 Å². The van der Waals surface area contributed by atoms with Gasteiger partial charge in [-0.2, -0.15) is 4.98 Å². The lowest BCUT2D eigenvalue weighted by Gasteiger charge is -2.17. The molecule has 0 atom stereocenters. The zero-order chi connectivity index (χ0) is 16.3. The smallest absolute Gasteiger partial charge is 0.231 e. The Kier molecular flexibility index (Phi) is 6.24. The Labute approximate surface area is 149 Å². The molecule has 0 spiro atoms. The molecule has 2 N–H and O–H groups in total. The van der Waals surface area contributed by atoms with Crippen molar-refractivity contribution in [3.8, 4) is 5.75 Å². The summed E-state index contributed by atoms with van der Waals surface area (Å²) < 4.78 is 11.1. The summed E-state index contributed by atoms with van der Waals surface area (Å²) in [5, 5.41) is 4.10. The molecule has 0 saturated heterocycles. The molecular formula is C18H26ClN3O2. The van der Waals surface area contributed by atoms with Crippen LogP contribution in [-0.4, -0.2) is 16.7 Å². The molecule has 0 radical (unpaired) electrons. The van der Waals surface area contributed by atoms with E-state index in [0.29, 0.717) is 24.1 Å². The number of halogens is 1. The Bertz CT molecular complexity index is 634. The van der Waals surface area contributed by atoms with E-state index in [1.807, 2.05) is 24.3 Å². The quantitative estimate of drug-likeness (QED) is 0.855. The number of nitrogens with zero attached hydrogens (tertiary/aromatic N) is 2. The second-order valence-corrected chi connectivity index (χ2v) is 6.90. The van der Waals surface area contributed by atoms with Crippen LogP contribution in [0.2, 0.25) is 0 Å². The highest BCUT2D eigenvalue weighted by Gasteiger charge is 2.35. The van der Waals surface area contributed by atoms with E-state index in [0.717, 1.165) is 43.6 Å². The second-order valence-electron chi connectivity index (χ2n) is 6.90. The van der Waals surface area contributed by atoms with Crippen molar-refractivity contribution in [1.82, 2.24) is 10.1 Å². The minimum absolute atomic E-state index is 0. The fourth-order valence-corrected chi connectivity index (χ4v) is 2.90. The van der Waals surface area contributed by atoms with Crippen LogP contribution in [0.1, 0.15) is 56.8 Å². The number of ether oxygens (including phenoxy) is 1. The van der Waals surface area contributed by atoms with Crippen molar-refractivity contribution in [2.75, 3.05) is 6.61 Å². The molecule has 2 aromatic rings. The normalized spacial score (nSPS) is 16.2. The summed E-state index contributed by atoms with van der Waals surface area (Å²) in [7, 11) is 0. The van der Waals surface area contributed by atoms with Gasteiger partial charge in [0, 0.05) is 0 Å². The molecule has 0 aliphatic heterocycles. The standard InChI is InChI=1S/C18H25N3O2.ClH/c1-13(2)12-22-15-7-5-14(6-8-15)11-16-20-17(21-23-16)18(19)9-3-4-10-18;/h5-8,13H,3-4,9-12,19H2,1-2H3;1H. The first-order valence-electron chi connectivity index (χ1n) is 8.39. The molecule has 0 unspecified atom stereocenters. The minimum atomic E-state index is -0.393. The number of hydrogen-bond acceptors (Lipinski definition) is 5. The Morgan fingerprint density at radius 1 is 1.21 bits per heavy atom. The van der Waals surface area contributed by atoms with Crippen LogP contribution in [0.3, 0.4) is 0 Å². The molecule has 0 amide bonds. The van der Waals surface area contributed by atoms with E-state index in [1.54, 1.807) is 0 Å². The van der Waals surface area contributed by atoms with Gasteiger partial charge in [0.25, 0.3) is 0 Å². The van der Waals surface area contributed by atoms with Gasteiger partial charge < -0.3 is 15.0 Å². The van der Waals surface area contributed by atoms with E-state index >= 15 is 0 Å². The highest BCUT2D eigenvalue weighted by molar-refractivity contribution is 5.85. The van der Waals surface area contributed by atoms with Crippen molar-refractivity contribution in [1.29, 1.82) is 0 Å². The number of rotatable bonds is 6. The topological polar surface area (TPSA) is 74.2 Å². The Hall–Kier alpha value is -1.59. The Balaban J connectivity index is 0.00000208. The van der Waals surface area contributed by atoms with Crippen LogP contribution >= 0.6 is 12.4 Å². The SMILES string of the molecule is CC(C)COc1ccc(Cc2nc(C3(N)CCCC3)no2)cc1.Cl. The summed E-state index contributed by atoms with van der Waals surface area (Å²) in [4.78, 5) is 4.51. The molecule has 0 bridgehead atoms. The van der Waals surface area contributed by atoms with Crippen molar-refractivity contribution in [2.45, 2.75) is 51.5 Å². The molecule has 1 aromatic heterocycles. The van der Waals surface area contributed by atoms with E-state index in [1.165, 1.54) is 0 Å². The third kappa shape index (κ3) is 4.48. The van der Waals surface area contributed by atoms with Crippen LogP contribution in [0.4, 0.5) is 0 Å². The van der Waals surface area contributed by atoms with Crippen LogP contribution in [0.5, 0.6) is 5.75 Å². The van der Waals surface area contributed by atoms with Crippen LogP contribution in [0.25, 0.3) is 0 Å². The molecule has 1 aliphatic rings. The minimum Gasteiger partial charge on any atom is -0.493 e. The largest absolute Gasteiger partial charge is 0.493 e. The van der Waals surface area contributed by atoms with E-state index in [2.05, 4.69) is 24.0 Å². The van der Waals surface area contributed by atoms with Gasteiger partial charge in [-0.15, -0.1) is 12.4 Å². The highest BCUT2D eigenvalue weighted by atomic mass is 35.5. The van der Waals surface area contributed by atoms with Gasteiger partial charge >= 0.3 is 0 Å². The molecule has 1 aliphatic carbocycles. The predicted octanol–water partition coefficient (Wildman–Crippen LogP) is 3.85. The van der Waals surface area contributed by atoms with Crippen LogP contribution in [0.15, 0.2) is 28.8 Å². The van der Waals surface area contributed by atoms with E-state index in [4.69, 9.17) is 15.0 Å². The maximum absolute atomic E-state index is 6.36. The van der Waals surface area contributed by atoms with Gasteiger partial charge in [0.15, 0.2) is 5.82 Å². The van der Waals surface area contributed by atoms with Crippen molar-refractivity contribution in [3.05, 3.63) is 41.5 Å². The lowest BCUT2D eigenvalue weighted by molar-refractivity contribution is 0.271. The van der Waals surface area contributed by atoms with Gasteiger partial charge in [0.1, 0.15) is 5.75 Å². The van der Waals surface area contributed by atoms with Crippen molar-refractivity contribution in [2.24, 2.45) is 11.7 Å². The van der Waals surface area contributed by atoms with Crippen LogP contribution in [0, 0.1) is 5.92 Å². The monoisotopic (exact) mass is 351 g/mol. The van der Waals surface area contributed by atoms with Gasteiger partial charge in [-0.05, 0) is 36.5 Å². The summed E-state index contributed by atoms with van der Waals surface area (Å²) >= 11 is 0. The molecule has 132 valence electrons. The van der Waals surface area contributed by atoms with Crippen molar-refractivity contribution < 1.29 is 9.26 Å². The summed E-state index contributed by atoms with van der Waals surface area (Å²) in [5.41, 5.74) is 7.09. The number of hydrogen-bond donors (Lipinski definition) is 1. The summed E-state index contributed by atoms with van der Waals surface area (Å²) in [5.74, 6) is 2.68. The highest BCUT2D eigenvalue weighted by Crippen LogP contribution is 2.34. The lowest BCUT2D eigenvalue weighted by atomic mass is 9.99. The summed E-state index contributed by atoms with van der Waals surface area (Å²) in [6.45, 7) is 5.00. The predicted molar refractivity (Wildman–Crippen MR) is 95.5 cm³/mol. The van der Waals surface area contributed by atoms with E-state index < -0.39 is 5.54 Å². The summed E-state index contributed by atoms with van der Waals surface area (Å²) in [6, 6.07) is 8.04. The van der Waals surface area contributed by atoms with Gasteiger partial charge in [0.05, 0.1) is 18.6 Å². The first kappa shape index (κ1) is 18.7. The lowest BCUT2D eigenvalue weighted by Crippen LogP contribution is -2.34. The zero-order valence-electron chi connectivity index (χ0n) is 14.3. The van der Waals surface area contributed by atoms with Crippen molar-refractivity contribution >= 4 is 12.4 Å². The van der Waals surface area contributed by atoms with E-state index in [-0.39, 0.29) is 12.4 Å². The average Bonchev–Trinajstić information content (AvgIpc) is 3.17. The third-order valence-corrected chi connectivity index (χ3v) is 4.27. The molecule has 1 heterocycles. The number of benzene rings is 1. The fourth-order valence-electron chi connectivity index (χ4n) is 2.90. The van der Waals surface area contributed by atoms with Gasteiger partial charge in [-0.25, -0.2) is 0 Å². The maximum Gasteiger partial charge on any atom is 0.231 e. The fraction of sp³-hybridized carbons (Fsp3) is 0.556. The molecule has 1 saturated carbocycles. The van der Waals surface area contributed by atoms with Crippen LogP contribution in [-0.2, 0) is 12.0 Å². The average molecular weight is 352 g/mol. The molecule has 1 aromatic carbocycles. The third-order valence-electron chi connectivity index (χ3n) is 4.27. The van der Waals surface area contributed by atoms with Crippen LogP contribution < -0.4 is 10.5 Å².